The number of likely N-dealkylation sites (tertiary alicyclic amines) is 1. The van der Waals surface area contributed by atoms with Gasteiger partial charge in [0.05, 0.1) is 16.2 Å². The number of carboxylic acid groups (broad SMARTS) is 1. The van der Waals surface area contributed by atoms with E-state index in [1.807, 2.05) is 7.05 Å². The second-order valence-electron chi connectivity index (χ2n) is 5.57. The monoisotopic (exact) mass is 311 g/mol. The normalized spacial score (nSPS) is 20.3. The van der Waals surface area contributed by atoms with Gasteiger partial charge in [-0.1, -0.05) is 6.42 Å². The van der Waals surface area contributed by atoms with Gasteiger partial charge in [-0.25, -0.2) is 13.2 Å². The third-order valence-corrected chi connectivity index (χ3v) is 5.87. The zero-order chi connectivity index (χ0) is 15.5. The van der Waals surface area contributed by atoms with Crippen molar-refractivity contribution in [3.8, 4) is 0 Å². The summed E-state index contributed by atoms with van der Waals surface area (Å²) in [6.07, 6.45) is 4.00. The van der Waals surface area contributed by atoms with E-state index in [4.69, 9.17) is 5.11 Å². The minimum Gasteiger partial charge on any atom is -0.478 e. The summed E-state index contributed by atoms with van der Waals surface area (Å²) in [5.41, 5.74) is 0.0981. The summed E-state index contributed by atoms with van der Waals surface area (Å²) in [6, 6.07) is 5.75. The Morgan fingerprint density at radius 3 is 2.52 bits per heavy atom. The summed E-state index contributed by atoms with van der Waals surface area (Å²) in [5, 5.41) is 8.83. The zero-order valence-electron chi connectivity index (χ0n) is 12.2. The molecular weight excluding hydrogens is 290 g/mol. The van der Waals surface area contributed by atoms with Crippen LogP contribution >= 0.6 is 0 Å². The molecule has 0 spiro atoms. The molecule has 21 heavy (non-hydrogen) atoms. The SMILES string of the molecule is CN1CCCCC1CCS(=O)(=O)c1ccc(C(=O)O)cc1. The van der Waals surface area contributed by atoms with E-state index >= 15 is 0 Å². The van der Waals surface area contributed by atoms with Gasteiger partial charge in [-0.15, -0.1) is 0 Å². The number of benzene rings is 1. The Morgan fingerprint density at radius 2 is 1.95 bits per heavy atom. The second kappa shape index (κ2) is 6.58. The molecule has 2 rings (SSSR count). The molecular formula is C15H21NO4S. The fourth-order valence-electron chi connectivity index (χ4n) is 2.72. The van der Waals surface area contributed by atoms with Crippen molar-refractivity contribution in [2.75, 3.05) is 19.3 Å². The van der Waals surface area contributed by atoms with Crippen molar-refractivity contribution in [3.05, 3.63) is 29.8 Å². The molecule has 0 radical (unpaired) electrons. The molecule has 1 N–H and O–H groups in total. The van der Waals surface area contributed by atoms with Gasteiger partial charge in [-0.3, -0.25) is 0 Å². The lowest BCUT2D eigenvalue weighted by Crippen LogP contribution is -2.37. The van der Waals surface area contributed by atoms with Crippen molar-refractivity contribution in [2.45, 2.75) is 36.6 Å². The predicted octanol–water partition coefficient (Wildman–Crippen LogP) is 2.03. The molecule has 0 bridgehead atoms. The molecule has 5 nitrogen and oxygen atoms in total. The van der Waals surface area contributed by atoms with Crippen LogP contribution in [0.4, 0.5) is 0 Å². The maximum atomic E-state index is 12.3. The van der Waals surface area contributed by atoms with E-state index in [0.717, 1.165) is 19.4 Å². The highest BCUT2D eigenvalue weighted by Crippen LogP contribution is 2.20. The van der Waals surface area contributed by atoms with Crippen molar-refractivity contribution in [3.63, 3.8) is 0 Å². The summed E-state index contributed by atoms with van der Waals surface area (Å²) in [7, 11) is -1.31. The minimum absolute atomic E-state index is 0.0981. The molecule has 1 saturated heterocycles. The lowest BCUT2D eigenvalue weighted by atomic mass is 10.0. The molecule has 1 aromatic rings. The summed E-state index contributed by atoms with van der Waals surface area (Å²) < 4.78 is 24.6. The molecule has 0 saturated carbocycles. The topological polar surface area (TPSA) is 74.7 Å². The third kappa shape index (κ3) is 4.04. The molecule has 116 valence electrons. The molecule has 1 unspecified atom stereocenters. The first-order valence-electron chi connectivity index (χ1n) is 7.16. The molecule has 6 heteroatoms. The Balaban J connectivity index is 2.02. The number of carboxylic acids is 1. The first-order chi connectivity index (χ1) is 9.90. The van der Waals surface area contributed by atoms with Crippen LogP contribution in [0.3, 0.4) is 0 Å². The van der Waals surface area contributed by atoms with Gasteiger partial charge in [0, 0.05) is 6.04 Å². The highest BCUT2D eigenvalue weighted by Gasteiger charge is 2.22. The number of nitrogens with zero attached hydrogens (tertiary/aromatic N) is 1. The molecule has 0 aliphatic carbocycles. The second-order valence-corrected chi connectivity index (χ2v) is 7.68. The van der Waals surface area contributed by atoms with Gasteiger partial charge in [0.1, 0.15) is 0 Å². The van der Waals surface area contributed by atoms with Crippen LogP contribution in [0, 0.1) is 0 Å². The van der Waals surface area contributed by atoms with Gasteiger partial charge in [0.15, 0.2) is 9.84 Å². The largest absolute Gasteiger partial charge is 0.478 e. The number of piperidine rings is 1. The van der Waals surface area contributed by atoms with Crippen LogP contribution in [0.25, 0.3) is 0 Å². The fraction of sp³-hybridized carbons (Fsp3) is 0.533. The van der Waals surface area contributed by atoms with Crippen molar-refractivity contribution in [1.29, 1.82) is 0 Å². The first-order valence-corrected chi connectivity index (χ1v) is 8.82. The Morgan fingerprint density at radius 1 is 1.29 bits per heavy atom. The quantitative estimate of drug-likeness (QED) is 0.900. The lowest BCUT2D eigenvalue weighted by molar-refractivity contribution is 0.0696. The highest BCUT2D eigenvalue weighted by molar-refractivity contribution is 7.91. The van der Waals surface area contributed by atoms with Gasteiger partial charge in [0.25, 0.3) is 0 Å². The van der Waals surface area contributed by atoms with Gasteiger partial charge >= 0.3 is 5.97 Å². The molecule has 1 aromatic carbocycles. The average molecular weight is 311 g/mol. The predicted molar refractivity (Wildman–Crippen MR) is 80.3 cm³/mol. The maximum Gasteiger partial charge on any atom is 0.335 e. The Labute approximate surface area is 125 Å². The van der Waals surface area contributed by atoms with Crippen molar-refractivity contribution < 1.29 is 18.3 Å². The van der Waals surface area contributed by atoms with E-state index < -0.39 is 15.8 Å². The van der Waals surface area contributed by atoms with Crippen LogP contribution in [0.15, 0.2) is 29.2 Å². The summed E-state index contributed by atoms with van der Waals surface area (Å²) in [4.78, 5) is 13.2. The zero-order valence-corrected chi connectivity index (χ0v) is 13.0. The molecule has 1 aliphatic rings. The van der Waals surface area contributed by atoms with E-state index in [-0.39, 0.29) is 16.2 Å². The number of hydrogen-bond acceptors (Lipinski definition) is 4. The standard InChI is InChI=1S/C15H21NO4S/c1-16-10-3-2-4-13(16)9-11-21(19,20)14-7-5-12(6-8-14)15(17)18/h5-8,13H,2-4,9-11H2,1H3,(H,17,18). The number of hydrogen-bond donors (Lipinski definition) is 1. The first kappa shape index (κ1) is 16.0. The summed E-state index contributed by atoms with van der Waals surface area (Å²) >= 11 is 0. The van der Waals surface area contributed by atoms with Crippen molar-refractivity contribution >= 4 is 15.8 Å². The number of rotatable bonds is 5. The van der Waals surface area contributed by atoms with Crippen LogP contribution in [-0.4, -0.2) is 49.8 Å². The van der Waals surface area contributed by atoms with Crippen molar-refractivity contribution in [1.82, 2.24) is 4.90 Å². The van der Waals surface area contributed by atoms with E-state index in [0.29, 0.717) is 12.5 Å². The highest BCUT2D eigenvalue weighted by atomic mass is 32.2. The van der Waals surface area contributed by atoms with E-state index in [1.165, 1.54) is 30.7 Å². The lowest BCUT2D eigenvalue weighted by Gasteiger charge is -2.32. The Bertz CT molecular complexity index is 595. The van der Waals surface area contributed by atoms with Crippen LogP contribution in [0.5, 0.6) is 0 Å². The van der Waals surface area contributed by atoms with Gasteiger partial charge in [-0.05, 0) is 57.1 Å². The Hall–Kier alpha value is -1.40. The number of carbonyl (C=O) groups is 1. The molecule has 0 amide bonds. The van der Waals surface area contributed by atoms with Gasteiger partial charge in [-0.2, -0.15) is 0 Å². The van der Waals surface area contributed by atoms with E-state index in [9.17, 15) is 13.2 Å². The van der Waals surface area contributed by atoms with Gasteiger partial charge in [0.2, 0.25) is 0 Å². The summed E-state index contributed by atoms with van der Waals surface area (Å²) in [6.45, 7) is 1.03. The molecule has 1 fully saturated rings. The molecule has 0 aromatic heterocycles. The van der Waals surface area contributed by atoms with Crippen LogP contribution in [0.1, 0.15) is 36.0 Å². The smallest absolute Gasteiger partial charge is 0.335 e. The van der Waals surface area contributed by atoms with Crippen LogP contribution in [0.2, 0.25) is 0 Å². The molecule has 1 heterocycles. The average Bonchev–Trinajstić information content (AvgIpc) is 2.46. The minimum atomic E-state index is -3.35. The molecule has 1 atom stereocenters. The summed E-state index contributed by atoms with van der Waals surface area (Å²) in [5.74, 6) is -0.947. The van der Waals surface area contributed by atoms with Crippen LogP contribution < -0.4 is 0 Å². The van der Waals surface area contributed by atoms with Crippen molar-refractivity contribution in [2.24, 2.45) is 0 Å². The van der Waals surface area contributed by atoms with E-state index in [1.54, 1.807) is 0 Å². The fourth-order valence-corrected chi connectivity index (χ4v) is 4.09. The number of sulfone groups is 1. The molecule has 1 aliphatic heterocycles. The maximum absolute atomic E-state index is 12.3. The van der Waals surface area contributed by atoms with Gasteiger partial charge < -0.3 is 10.0 Å². The number of aromatic carboxylic acids is 1. The Kier molecular flexibility index (Phi) is 5.00. The third-order valence-electron chi connectivity index (χ3n) is 4.10. The van der Waals surface area contributed by atoms with Crippen LogP contribution in [-0.2, 0) is 9.84 Å². The van der Waals surface area contributed by atoms with E-state index in [2.05, 4.69) is 4.90 Å².